The highest BCUT2D eigenvalue weighted by Gasteiger charge is 2.40. The van der Waals surface area contributed by atoms with Crippen molar-refractivity contribution >= 4 is 17.6 Å². The van der Waals surface area contributed by atoms with E-state index in [1.54, 1.807) is 31.3 Å². The van der Waals surface area contributed by atoms with E-state index >= 15 is 0 Å². The monoisotopic (exact) mass is 506 g/mol. The molecule has 0 radical (unpaired) electrons. The van der Waals surface area contributed by atoms with Crippen LogP contribution in [0.2, 0.25) is 0 Å². The van der Waals surface area contributed by atoms with Gasteiger partial charge in [-0.1, -0.05) is 36.4 Å². The van der Waals surface area contributed by atoms with E-state index in [4.69, 9.17) is 0 Å². The van der Waals surface area contributed by atoms with Crippen LogP contribution in [0.1, 0.15) is 53.9 Å². The minimum Gasteiger partial charge on any atom is -0.361 e. The van der Waals surface area contributed by atoms with Gasteiger partial charge in [0, 0.05) is 18.2 Å². The van der Waals surface area contributed by atoms with Crippen LogP contribution in [0.3, 0.4) is 0 Å². The molecule has 2 aliphatic rings. The Hall–Kier alpha value is -3.95. The lowest BCUT2D eigenvalue weighted by Crippen LogP contribution is -2.48. The van der Waals surface area contributed by atoms with Crippen LogP contribution < -0.4 is 10.6 Å². The summed E-state index contributed by atoms with van der Waals surface area (Å²) in [4.78, 5) is 40.0. The van der Waals surface area contributed by atoms with Gasteiger partial charge in [0.2, 0.25) is 17.8 Å². The van der Waals surface area contributed by atoms with Gasteiger partial charge in [-0.3, -0.25) is 9.59 Å². The Kier molecular flexibility index (Phi) is 7.07. The number of benzene rings is 1. The third-order valence-electron chi connectivity index (χ3n) is 6.70. The SMILES string of the molecule is Cc1nccc(NCC(=O)N2CC(F)CC2C(=O)NC(c2ccccc2)c2ccc(C3CC3)c(F)n2)n1. The first-order chi connectivity index (χ1) is 17.9. The van der Waals surface area contributed by atoms with E-state index in [2.05, 4.69) is 25.6 Å². The average molecular weight is 507 g/mol. The van der Waals surface area contributed by atoms with Gasteiger partial charge in [-0.2, -0.15) is 4.39 Å². The third kappa shape index (κ3) is 5.73. The van der Waals surface area contributed by atoms with Crippen molar-refractivity contribution in [3.63, 3.8) is 0 Å². The third-order valence-corrected chi connectivity index (χ3v) is 6.70. The Morgan fingerprint density at radius 1 is 1.11 bits per heavy atom. The number of aromatic nitrogens is 3. The zero-order valence-electron chi connectivity index (χ0n) is 20.4. The van der Waals surface area contributed by atoms with Crippen LogP contribution in [0, 0.1) is 12.9 Å². The maximum absolute atomic E-state index is 14.8. The molecule has 8 nitrogen and oxygen atoms in total. The molecule has 5 rings (SSSR count). The van der Waals surface area contributed by atoms with E-state index in [-0.39, 0.29) is 25.4 Å². The van der Waals surface area contributed by atoms with Crippen molar-refractivity contribution < 1.29 is 18.4 Å². The number of hydrogen-bond donors (Lipinski definition) is 2. The van der Waals surface area contributed by atoms with Crippen molar-refractivity contribution in [1.29, 1.82) is 0 Å². The molecule has 0 spiro atoms. The average Bonchev–Trinajstić information content (AvgIpc) is 3.66. The van der Waals surface area contributed by atoms with Crippen LogP contribution in [0.5, 0.6) is 0 Å². The van der Waals surface area contributed by atoms with Crippen LogP contribution in [0.15, 0.2) is 54.7 Å². The number of amides is 2. The molecule has 192 valence electrons. The van der Waals surface area contributed by atoms with Gasteiger partial charge < -0.3 is 15.5 Å². The van der Waals surface area contributed by atoms with E-state index in [9.17, 15) is 18.4 Å². The second-order valence-electron chi connectivity index (χ2n) is 9.48. The summed E-state index contributed by atoms with van der Waals surface area (Å²) in [5, 5.41) is 5.81. The summed E-state index contributed by atoms with van der Waals surface area (Å²) in [6, 6.07) is 12.4. The zero-order chi connectivity index (χ0) is 25.9. The molecule has 2 N–H and O–H groups in total. The molecule has 37 heavy (non-hydrogen) atoms. The van der Waals surface area contributed by atoms with Crippen LogP contribution in [0.25, 0.3) is 0 Å². The van der Waals surface area contributed by atoms with Gasteiger partial charge in [-0.05, 0) is 43.4 Å². The summed E-state index contributed by atoms with van der Waals surface area (Å²) in [6.45, 7) is 1.40. The molecule has 1 aromatic carbocycles. The van der Waals surface area contributed by atoms with E-state index in [0.717, 1.165) is 12.8 Å². The van der Waals surface area contributed by atoms with E-state index in [1.165, 1.54) is 4.90 Å². The van der Waals surface area contributed by atoms with Gasteiger partial charge in [0.15, 0.2) is 0 Å². The number of rotatable bonds is 8. The number of hydrogen-bond acceptors (Lipinski definition) is 6. The molecule has 3 heterocycles. The first-order valence-corrected chi connectivity index (χ1v) is 12.4. The maximum Gasteiger partial charge on any atom is 0.243 e. The summed E-state index contributed by atoms with van der Waals surface area (Å²) in [5.74, 6) is -0.278. The number of carbonyl (C=O) groups excluding carboxylic acids is 2. The van der Waals surface area contributed by atoms with Gasteiger partial charge in [0.25, 0.3) is 0 Å². The van der Waals surface area contributed by atoms with Crippen molar-refractivity contribution in [2.45, 2.75) is 50.4 Å². The number of likely N-dealkylation sites (tertiary alicyclic amines) is 1. The maximum atomic E-state index is 14.8. The fourth-order valence-corrected chi connectivity index (χ4v) is 4.66. The summed E-state index contributed by atoms with van der Waals surface area (Å²) >= 11 is 0. The van der Waals surface area contributed by atoms with E-state index in [0.29, 0.717) is 28.5 Å². The molecule has 2 amide bonds. The second kappa shape index (κ2) is 10.6. The number of alkyl halides is 1. The van der Waals surface area contributed by atoms with Crippen molar-refractivity contribution in [1.82, 2.24) is 25.2 Å². The normalized spacial score (nSPS) is 19.9. The van der Waals surface area contributed by atoms with Gasteiger partial charge in [-0.25, -0.2) is 19.3 Å². The van der Waals surface area contributed by atoms with Crippen molar-refractivity contribution in [2.24, 2.45) is 0 Å². The predicted octanol–water partition coefficient (Wildman–Crippen LogP) is 3.45. The standard InChI is InChI=1S/C27H28F2N6O2/c1-16-30-12-11-23(32-16)31-14-24(36)35-15-19(28)13-22(35)27(37)34-25(18-5-3-2-4-6-18)21-10-9-20(17-7-8-17)26(29)33-21/h2-6,9-12,17,19,22,25H,7-8,13-15H2,1H3,(H,34,37)(H,30,31,32). The molecular formula is C27H28F2N6O2. The van der Waals surface area contributed by atoms with E-state index in [1.807, 2.05) is 30.3 Å². The van der Waals surface area contributed by atoms with E-state index < -0.39 is 36.0 Å². The Labute approximate surface area is 213 Å². The molecule has 1 saturated heterocycles. The number of nitrogens with zero attached hydrogens (tertiary/aromatic N) is 4. The highest BCUT2D eigenvalue weighted by atomic mass is 19.1. The first kappa shape index (κ1) is 24.7. The van der Waals surface area contributed by atoms with Crippen LogP contribution in [0.4, 0.5) is 14.6 Å². The lowest BCUT2D eigenvalue weighted by atomic mass is 10.0. The summed E-state index contributed by atoms with van der Waals surface area (Å²) in [7, 11) is 0. The molecule has 3 unspecified atom stereocenters. The van der Waals surface area contributed by atoms with Gasteiger partial charge in [0.1, 0.15) is 23.9 Å². The molecule has 3 atom stereocenters. The lowest BCUT2D eigenvalue weighted by molar-refractivity contribution is -0.137. The van der Waals surface area contributed by atoms with Crippen molar-refractivity contribution in [2.75, 3.05) is 18.4 Å². The largest absolute Gasteiger partial charge is 0.361 e. The predicted molar refractivity (Wildman–Crippen MR) is 133 cm³/mol. The zero-order valence-corrected chi connectivity index (χ0v) is 20.4. The molecule has 1 saturated carbocycles. The van der Waals surface area contributed by atoms with Crippen LogP contribution >= 0.6 is 0 Å². The number of nitrogens with one attached hydrogen (secondary N) is 2. The second-order valence-corrected chi connectivity index (χ2v) is 9.48. The molecule has 1 aliphatic carbocycles. The molecule has 0 bridgehead atoms. The number of halogens is 2. The molecule has 10 heteroatoms. The number of carbonyl (C=O) groups is 2. The topological polar surface area (TPSA) is 100 Å². The molecular weight excluding hydrogens is 478 g/mol. The lowest BCUT2D eigenvalue weighted by Gasteiger charge is -2.27. The quantitative estimate of drug-likeness (QED) is 0.454. The highest BCUT2D eigenvalue weighted by Crippen LogP contribution is 2.41. The number of anilines is 1. The van der Waals surface area contributed by atoms with Crippen molar-refractivity contribution in [3.05, 3.63) is 83.3 Å². The summed E-state index contributed by atoms with van der Waals surface area (Å²) < 4.78 is 29.2. The fourth-order valence-electron chi connectivity index (χ4n) is 4.66. The Morgan fingerprint density at radius 2 is 1.89 bits per heavy atom. The van der Waals surface area contributed by atoms with Crippen LogP contribution in [-0.2, 0) is 9.59 Å². The molecule has 3 aromatic rings. The Bertz CT molecular complexity index is 1290. The van der Waals surface area contributed by atoms with Crippen LogP contribution in [-0.4, -0.2) is 57.0 Å². The Morgan fingerprint density at radius 3 is 2.59 bits per heavy atom. The number of aryl methyl sites for hydroxylation is 1. The van der Waals surface area contributed by atoms with Gasteiger partial charge in [0.05, 0.1) is 24.8 Å². The van der Waals surface area contributed by atoms with Crippen molar-refractivity contribution in [3.8, 4) is 0 Å². The molecule has 2 aromatic heterocycles. The smallest absolute Gasteiger partial charge is 0.243 e. The minimum absolute atomic E-state index is 0.117. The van der Waals surface area contributed by atoms with Gasteiger partial charge in [-0.15, -0.1) is 0 Å². The Balaban J connectivity index is 1.33. The molecule has 1 aliphatic heterocycles. The summed E-state index contributed by atoms with van der Waals surface area (Å²) in [6.07, 6.45) is 2.01. The first-order valence-electron chi connectivity index (χ1n) is 12.4. The minimum atomic E-state index is -1.33. The highest BCUT2D eigenvalue weighted by molar-refractivity contribution is 5.90. The van der Waals surface area contributed by atoms with Gasteiger partial charge >= 0.3 is 0 Å². The number of pyridine rings is 1. The molecule has 2 fully saturated rings. The fraction of sp³-hybridized carbons (Fsp3) is 0.370. The summed E-state index contributed by atoms with van der Waals surface area (Å²) in [5.41, 5.74) is 1.63.